The maximum absolute atomic E-state index is 5.61. The van der Waals surface area contributed by atoms with Gasteiger partial charge in [-0.1, -0.05) is 44.0 Å². The van der Waals surface area contributed by atoms with E-state index < -0.39 is 0 Å². The lowest BCUT2D eigenvalue weighted by Crippen LogP contribution is -2.37. The van der Waals surface area contributed by atoms with Crippen LogP contribution in [0.4, 0.5) is 0 Å². The molecule has 0 bridgehead atoms. The molecule has 0 aliphatic heterocycles. The minimum absolute atomic E-state index is 0.485. The number of unbranched alkanes of at least 4 members (excludes halogenated alkanes) is 1. The average molecular weight is 218 g/mol. The summed E-state index contributed by atoms with van der Waals surface area (Å²) in [5, 5.41) is 0. The third-order valence-electron chi connectivity index (χ3n) is 3.67. The maximum Gasteiger partial charge on any atom is 0.0216 e. The van der Waals surface area contributed by atoms with Gasteiger partial charge in [-0.25, -0.2) is 0 Å². The zero-order chi connectivity index (χ0) is 11.4. The Morgan fingerprint density at radius 1 is 1.44 bits per heavy atom. The van der Waals surface area contributed by atoms with Crippen LogP contribution in [-0.4, -0.2) is 6.04 Å². The van der Waals surface area contributed by atoms with E-state index in [9.17, 15) is 0 Å². The molecule has 2 atom stereocenters. The fourth-order valence-electron chi connectivity index (χ4n) is 2.64. The van der Waals surface area contributed by atoms with Crippen LogP contribution in [0, 0.1) is 0 Å². The van der Waals surface area contributed by atoms with E-state index >= 15 is 0 Å². The lowest BCUT2D eigenvalue weighted by atomic mass is 9.74. The van der Waals surface area contributed by atoms with Gasteiger partial charge in [-0.15, -0.1) is 0 Å². The highest BCUT2D eigenvalue weighted by Crippen LogP contribution is 2.38. The molecule has 2 unspecified atom stereocenters. The first kappa shape index (κ1) is 11.6. The summed E-state index contributed by atoms with van der Waals surface area (Å²) < 4.78 is 0. The van der Waals surface area contributed by atoms with E-state index in [1.165, 1.54) is 37.7 Å². The van der Waals surface area contributed by atoms with Crippen LogP contribution in [0.3, 0.4) is 0 Å². The molecule has 2 rings (SSSR count). The number of fused-ring (bicyclic) bond motifs is 1. The van der Waals surface area contributed by atoms with Crippen molar-refractivity contribution >= 4 is 0 Å². The van der Waals surface area contributed by atoms with Crippen LogP contribution in [-0.2, 0) is 6.42 Å². The molecule has 0 heterocycles. The lowest BCUT2D eigenvalue weighted by molar-refractivity contribution is 0.395. The van der Waals surface area contributed by atoms with Gasteiger partial charge in [0.2, 0.25) is 0 Å². The molecule has 1 aliphatic rings. The predicted octanol–water partition coefficient (Wildman–Crippen LogP) is 2.74. The number of hydrogen-bond donors (Lipinski definition) is 2. The van der Waals surface area contributed by atoms with Gasteiger partial charge in [0.05, 0.1) is 0 Å². The molecule has 0 saturated heterocycles. The Kier molecular flexibility index (Phi) is 3.97. The van der Waals surface area contributed by atoms with Crippen LogP contribution in [0.15, 0.2) is 24.3 Å². The van der Waals surface area contributed by atoms with Crippen molar-refractivity contribution in [3.8, 4) is 0 Å². The molecule has 0 amide bonds. The normalized spacial score (nSPS) is 20.0. The Labute approximate surface area is 98.2 Å². The van der Waals surface area contributed by atoms with E-state index in [4.69, 9.17) is 5.84 Å². The molecule has 2 heteroatoms. The molecule has 0 fully saturated rings. The van der Waals surface area contributed by atoms with Gasteiger partial charge in [0.1, 0.15) is 0 Å². The van der Waals surface area contributed by atoms with Crippen molar-refractivity contribution in [2.45, 2.75) is 51.0 Å². The molecule has 1 aliphatic carbocycles. The molecule has 3 N–H and O–H groups in total. The van der Waals surface area contributed by atoms with Crippen molar-refractivity contribution in [2.75, 3.05) is 0 Å². The molecule has 1 aromatic carbocycles. The summed E-state index contributed by atoms with van der Waals surface area (Å²) in [4.78, 5) is 0. The SMILES string of the molecule is CCCCC(CC1Cc2ccccc21)NN. The van der Waals surface area contributed by atoms with Crippen LogP contribution >= 0.6 is 0 Å². The quantitative estimate of drug-likeness (QED) is 0.569. The van der Waals surface area contributed by atoms with E-state index in [1.54, 1.807) is 5.56 Å². The minimum atomic E-state index is 0.485. The molecule has 88 valence electrons. The third-order valence-corrected chi connectivity index (χ3v) is 3.67. The zero-order valence-corrected chi connectivity index (χ0v) is 10.1. The zero-order valence-electron chi connectivity index (χ0n) is 10.1. The third kappa shape index (κ3) is 2.45. The van der Waals surface area contributed by atoms with Crippen molar-refractivity contribution in [1.82, 2.24) is 5.43 Å². The summed E-state index contributed by atoms with van der Waals surface area (Å²) in [5.41, 5.74) is 6.03. The molecule has 0 saturated carbocycles. The summed E-state index contributed by atoms with van der Waals surface area (Å²) in [6, 6.07) is 9.25. The molecular formula is C14H22N2. The van der Waals surface area contributed by atoms with Gasteiger partial charge >= 0.3 is 0 Å². The maximum atomic E-state index is 5.61. The minimum Gasteiger partial charge on any atom is -0.271 e. The Bertz CT molecular complexity index is 335. The Hall–Kier alpha value is -0.860. The van der Waals surface area contributed by atoms with E-state index in [0.717, 1.165) is 5.92 Å². The van der Waals surface area contributed by atoms with Crippen molar-refractivity contribution in [2.24, 2.45) is 5.84 Å². The summed E-state index contributed by atoms with van der Waals surface area (Å²) in [6.07, 6.45) is 6.14. The van der Waals surface area contributed by atoms with Gasteiger partial charge in [0.15, 0.2) is 0 Å². The Balaban J connectivity index is 1.87. The van der Waals surface area contributed by atoms with E-state index in [-0.39, 0.29) is 0 Å². The highest BCUT2D eigenvalue weighted by molar-refractivity contribution is 5.39. The van der Waals surface area contributed by atoms with Gasteiger partial charge in [-0.3, -0.25) is 11.3 Å². The first-order valence-electron chi connectivity index (χ1n) is 6.39. The first-order valence-corrected chi connectivity index (χ1v) is 6.39. The van der Waals surface area contributed by atoms with Gasteiger partial charge in [0, 0.05) is 6.04 Å². The second-order valence-corrected chi connectivity index (χ2v) is 4.84. The second-order valence-electron chi connectivity index (χ2n) is 4.84. The van der Waals surface area contributed by atoms with Crippen molar-refractivity contribution < 1.29 is 0 Å². The van der Waals surface area contributed by atoms with Crippen molar-refractivity contribution in [3.63, 3.8) is 0 Å². The van der Waals surface area contributed by atoms with Gasteiger partial charge in [0.25, 0.3) is 0 Å². The van der Waals surface area contributed by atoms with Crippen LogP contribution in [0.5, 0.6) is 0 Å². The van der Waals surface area contributed by atoms with Crippen molar-refractivity contribution in [1.29, 1.82) is 0 Å². The average Bonchev–Trinajstić information content (AvgIpc) is 2.30. The van der Waals surface area contributed by atoms with E-state index in [0.29, 0.717) is 6.04 Å². The fraction of sp³-hybridized carbons (Fsp3) is 0.571. The molecule has 0 aromatic heterocycles. The standard InChI is InChI=1S/C14H22N2/c1-2-3-7-13(16-15)10-12-9-11-6-4-5-8-14(11)12/h4-6,8,12-13,16H,2-3,7,9-10,15H2,1H3. The summed E-state index contributed by atoms with van der Waals surface area (Å²) in [5.74, 6) is 6.34. The Morgan fingerprint density at radius 2 is 2.25 bits per heavy atom. The monoisotopic (exact) mass is 218 g/mol. The van der Waals surface area contributed by atoms with Crippen LogP contribution in [0.1, 0.15) is 49.7 Å². The molecule has 2 nitrogen and oxygen atoms in total. The first-order chi connectivity index (χ1) is 7.85. The molecule has 1 aromatic rings. The van der Waals surface area contributed by atoms with Crippen LogP contribution in [0.2, 0.25) is 0 Å². The highest BCUT2D eigenvalue weighted by Gasteiger charge is 2.27. The fourth-order valence-corrected chi connectivity index (χ4v) is 2.64. The molecule has 0 spiro atoms. The Morgan fingerprint density at radius 3 is 2.94 bits per heavy atom. The molecule has 16 heavy (non-hydrogen) atoms. The van der Waals surface area contributed by atoms with E-state index in [2.05, 4.69) is 36.6 Å². The molecule has 0 radical (unpaired) electrons. The summed E-state index contributed by atoms with van der Waals surface area (Å²) in [7, 11) is 0. The topological polar surface area (TPSA) is 38.0 Å². The lowest BCUT2D eigenvalue weighted by Gasteiger charge is -2.32. The van der Waals surface area contributed by atoms with Crippen LogP contribution in [0.25, 0.3) is 0 Å². The second kappa shape index (κ2) is 5.46. The summed E-state index contributed by atoms with van der Waals surface area (Å²) >= 11 is 0. The number of nitrogens with two attached hydrogens (primary N) is 1. The largest absolute Gasteiger partial charge is 0.271 e. The smallest absolute Gasteiger partial charge is 0.0216 e. The van der Waals surface area contributed by atoms with Gasteiger partial charge in [-0.05, 0) is 36.3 Å². The number of benzene rings is 1. The highest BCUT2D eigenvalue weighted by atomic mass is 15.2. The van der Waals surface area contributed by atoms with E-state index in [1.807, 2.05) is 0 Å². The number of nitrogens with one attached hydrogen (secondary N) is 1. The van der Waals surface area contributed by atoms with Crippen molar-refractivity contribution in [3.05, 3.63) is 35.4 Å². The summed E-state index contributed by atoms with van der Waals surface area (Å²) in [6.45, 7) is 2.23. The molecular weight excluding hydrogens is 196 g/mol. The van der Waals surface area contributed by atoms with Gasteiger partial charge < -0.3 is 0 Å². The number of hydrazine groups is 1. The van der Waals surface area contributed by atoms with Gasteiger partial charge in [-0.2, -0.15) is 0 Å². The number of hydrogen-bond acceptors (Lipinski definition) is 2. The predicted molar refractivity (Wildman–Crippen MR) is 68.1 cm³/mol. The number of rotatable bonds is 6. The van der Waals surface area contributed by atoms with Crippen LogP contribution < -0.4 is 11.3 Å².